The summed E-state index contributed by atoms with van der Waals surface area (Å²) < 4.78 is 0. The summed E-state index contributed by atoms with van der Waals surface area (Å²) in [6.07, 6.45) is 5.71. The van der Waals surface area contributed by atoms with Crippen molar-refractivity contribution in [2.75, 3.05) is 18.0 Å². The third-order valence-corrected chi connectivity index (χ3v) is 3.96. The van der Waals surface area contributed by atoms with E-state index in [0.717, 1.165) is 31.7 Å². The summed E-state index contributed by atoms with van der Waals surface area (Å²) in [5.74, 6) is 1.26. The van der Waals surface area contributed by atoms with E-state index in [9.17, 15) is 0 Å². The summed E-state index contributed by atoms with van der Waals surface area (Å²) in [6, 6.07) is 3.77. The molecule has 1 saturated heterocycles. The highest BCUT2D eigenvalue weighted by atomic mass is 35.5. The van der Waals surface area contributed by atoms with Crippen LogP contribution in [-0.2, 0) is 0 Å². The normalized spacial score (nSPS) is 19.7. The van der Waals surface area contributed by atoms with Crippen molar-refractivity contribution in [3.63, 3.8) is 0 Å². The molecule has 3 rings (SSSR count). The Kier molecular flexibility index (Phi) is 3.62. The van der Waals surface area contributed by atoms with Crippen molar-refractivity contribution in [3.05, 3.63) is 40.3 Å². The van der Waals surface area contributed by atoms with E-state index >= 15 is 0 Å². The Hall–Kier alpha value is -1.26. The van der Waals surface area contributed by atoms with E-state index in [4.69, 9.17) is 23.2 Å². The molecule has 1 aliphatic heterocycles. The first-order chi connectivity index (χ1) is 9.24. The Bertz CT molecular complexity index is 556. The van der Waals surface area contributed by atoms with Gasteiger partial charge in [0, 0.05) is 37.1 Å². The van der Waals surface area contributed by atoms with E-state index in [0.29, 0.717) is 16.0 Å². The van der Waals surface area contributed by atoms with Crippen LogP contribution in [-0.4, -0.2) is 28.3 Å². The van der Waals surface area contributed by atoms with Gasteiger partial charge in [0.1, 0.15) is 5.82 Å². The smallest absolute Gasteiger partial charge is 0.147 e. The van der Waals surface area contributed by atoms with Crippen molar-refractivity contribution in [1.82, 2.24) is 15.2 Å². The third-order valence-electron chi connectivity index (χ3n) is 3.47. The average Bonchev–Trinajstić information content (AvgIpc) is 2.93. The molecule has 3 heterocycles. The standard InChI is InChI=1S/C13H14Cl2N4/c14-10-6-11(15)13(16-7-10)19-5-1-2-9(8-19)12-3-4-17-18-12/h3-4,6-7,9H,1-2,5,8H2,(H,17,18)/t9-/m1/s1. The number of nitrogens with one attached hydrogen (secondary N) is 1. The van der Waals surface area contributed by atoms with Gasteiger partial charge < -0.3 is 4.90 Å². The van der Waals surface area contributed by atoms with Crippen molar-refractivity contribution in [1.29, 1.82) is 0 Å². The number of piperidine rings is 1. The number of H-pyrrole nitrogens is 1. The molecule has 1 atom stereocenters. The molecule has 1 aliphatic rings. The first-order valence-corrected chi connectivity index (χ1v) is 7.05. The molecule has 4 nitrogen and oxygen atoms in total. The number of nitrogens with zero attached hydrogens (tertiary/aromatic N) is 3. The van der Waals surface area contributed by atoms with Crippen LogP contribution >= 0.6 is 23.2 Å². The monoisotopic (exact) mass is 296 g/mol. The molecule has 0 amide bonds. The zero-order valence-electron chi connectivity index (χ0n) is 10.3. The molecular formula is C13H14Cl2N4. The second-order valence-electron chi connectivity index (χ2n) is 4.76. The highest BCUT2D eigenvalue weighted by Crippen LogP contribution is 2.32. The fraction of sp³-hybridized carbons (Fsp3) is 0.385. The number of hydrogen-bond donors (Lipinski definition) is 1. The molecule has 0 unspecified atom stereocenters. The number of aromatic amines is 1. The van der Waals surface area contributed by atoms with Gasteiger partial charge in [0.05, 0.1) is 10.0 Å². The predicted octanol–water partition coefficient (Wildman–Crippen LogP) is 3.50. The van der Waals surface area contributed by atoms with Gasteiger partial charge in [0.15, 0.2) is 0 Å². The zero-order valence-corrected chi connectivity index (χ0v) is 11.8. The highest BCUT2D eigenvalue weighted by molar-refractivity contribution is 6.36. The van der Waals surface area contributed by atoms with Crippen LogP contribution in [0.15, 0.2) is 24.5 Å². The van der Waals surface area contributed by atoms with E-state index in [1.54, 1.807) is 18.5 Å². The quantitative estimate of drug-likeness (QED) is 0.922. The lowest BCUT2D eigenvalue weighted by molar-refractivity contribution is 0.498. The van der Waals surface area contributed by atoms with Gasteiger partial charge in [0.2, 0.25) is 0 Å². The molecule has 0 radical (unpaired) electrons. The molecule has 1 N–H and O–H groups in total. The van der Waals surface area contributed by atoms with E-state index in [1.807, 2.05) is 6.07 Å². The summed E-state index contributed by atoms with van der Waals surface area (Å²) in [5, 5.41) is 8.25. The van der Waals surface area contributed by atoms with Gasteiger partial charge in [-0.1, -0.05) is 23.2 Å². The van der Waals surface area contributed by atoms with Crippen LogP contribution in [0.25, 0.3) is 0 Å². The van der Waals surface area contributed by atoms with Crippen molar-refractivity contribution in [2.24, 2.45) is 0 Å². The summed E-state index contributed by atoms with van der Waals surface area (Å²) in [4.78, 5) is 6.57. The van der Waals surface area contributed by atoms with Crippen LogP contribution in [0.5, 0.6) is 0 Å². The van der Waals surface area contributed by atoms with Crippen LogP contribution in [0.4, 0.5) is 5.82 Å². The van der Waals surface area contributed by atoms with Gasteiger partial charge in [-0.3, -0.25) is 5.10 Å². The molecule has 0 saturated carbocycles. The molecular weight excluding hydrogens is 283 g/mol. The lowest BCUT2D eigenvalue weighted by Gasteiger charge is -2.33. The Balaban J connectivity index is 1.81. The predicted molar refractivity (Wildman–Crippen MR) is 77.0 cm³/mol. The topological polar surface area (TPSA) is 44.8 Å². The maximum atomic E-state index is 6.23. The number of aromatic nitrogens is 3. The first-order valence-electron chi connectivity index (χ1n) is 6.29. The molecule has 0 aliphatic carbocycles. The molecule has 6 heteroatoms. The number of anilines is 1. The van der Waals surface area contributed by atoms with E-state index < -0.39 is 0 Å². The van der Waals surface area contributed by atoms with Crippen molar-refractivity contribution < 1.29 is 0 Å². The Morgan fingerprint density at radius 1 is 1.37 bits per heavy atom. The first kappa shape index (κ1) is 12.8. The van der Waals surface area contributed by atoms with Crippen molar-refractivity contribution >= 4 is 29.0 Å². The number of hydrogen-bond acceptors (Lipinski definition) is 3. The van der Waals surface area contributed by atoms with Gasteiger partial charge in [0.25, 0.3) is 0 Å². The molecule has 2 aromatic heterocycles. The van der Waals surface area contributed by atoms with Crippen molar-refractivity contribution in [3.8, 4) is 0 Å². The molecule has 19 heavy (non-hydrogen) atoms. The fourth-order valence-electron chi connectivity index (χ4n) is 2.56. The fourth-order valence-corrected chi connectivity index (χ4v) is 3.06. The SMILES string of the molecule is Clc1cnc(N2CCC[C@@H](c3ccn[nH]3)C2)c(Cl)c1. The lowest BCUT2D eigenvalue weighted by atomic mass is 9.95. The van der Waals surface area contributed by atoms with Gasteiger partial charge in [-0.2, -0.15) is 5.10 Å². The van der Waals surface area contributed by atoms with Gasteiger partial charge >= 0.3 is 0 Å². The summed E-state index contributed by atoms with van der Waals surface area (Å²) >= 11 is 12.1. The van der Waals surface area contributed by atoms with Crippen molar-refractivity contribution in [2.45, 2.75) is 18.8 Å². The van der Waals surface area contributed by atoms with Crippen LogP contribution in [0.3, 0.4) is 0 Å². The minimum atomic E-state index is 0.449. The maximum absolute atomic E-state index is 6.23. The summed E-state index contributed by atoms with van der Waals surface area (Å²) in [6.45, 7) is 1.87. The molecule has 0 spiro atoms. The Morgan fingerprint density at radius 2 is 2.26 bits per heavy atom. The van der Waals surface area contributed by atoms with Gasteiger partial charge in [-0.25, -0.2) is 4.98 Å². The summed E-state index contributed by atoms with van der Waals surface area (Å²) in [5.41, 5.74) is 1.18. The van der Waals surface area contributed by atoms with Gasteiger partial charge in [-0.05, 0) is 25.0 Å². The van der Waals surface area contributed by atoms with Crippen LogP contribution < -0.4 is 4.90 Å². The Morgan fingerprint density at radius 3 is 3.00 bits per heavy atom. The molecule has 0 aromatic carbocycles. The second-order valence-corrected chi connectivity index (χ2v) is 5.60. The highest BCUT2D eigenvalue weighted by Gasteiger charge is 2.24. The number of pyridine rings is 1. The van der Waals surface area contributed by atoms with E-state index in [-0.39, 0.29) is 0 Å². The number of rotatable bonds is 2. The van der Waals surface area contributed by atoms with Crippen LogP contribution in [0.1, 0.15) is 24.5 Å². The zero-order chi connectivity index (χ0) is 13.2. The summed E-state index contributed by atoms with van der Waals surface area (Å²) in [7, 11) is 0. The number of halogens is 2. The van der Waals surface area contributed by atoms with Gasteiger partial charge in [-0.15, -0.1) is 0 Å². The lowest BCUT2D eigenvalue weighted by Crippen LogP contribution is -2.35. The van der Waals surface area contributed by atoms with E-state index in [1.165, 1.54) is 5.69 Å². The van der Waals surface area contributed by atoms with Crippen LogP contribution in [0.2, 0.25) is 10.0 Å². The average molecular weight is 297 g/mol. The third kappa shape index (κ3) is 2.69. The maximum Gasteiger partial charge on any atom is 0.147 e. The Labute approximate surface area is 121 Å². The minimum Gasteiger partial charge on any atom is -0.355 e. The molecule has 2 aromatic rings. The largest absolute Gasteiger partial charge is 0.355 e. The van der Waals surface area contributed by atoms with E-state index in [2.05, 4.69) is 20.1 Å². The minimum absolute atomic E-state index is 0.449. The molecule has 1 fully saturated rings. The van der Waals surface area contributed by atoms with Crippen LogP contribution in [0, 0.1) is 0 Å². The molecule has 0 bridgehead atoms. The second kappa shape index (κ2) is 5.39. The molecule has 100 valence electrons.